The predicted octanol–water partition coefficient (Wildman–Crippen LogP) is 2.31. The number of fused-ring (bicyclic) bond motifs is 6. The lowest BCUT2D eigenvalue weighted by molar-refractivity contribution is -0.135. The van der Waals surface area contributed by atoms with Gasteiger partial charge >= 0.3 is 5.63 Å². The molecule has 1 amide bonds. The molecule has 0 saturated carbocycles. The average Bonchev–Trinajstić information content (AvgIpc) is 3.35. The highest BCUT2D eigenvalue weighted by atomic mass is 16.5. The Morgan fingerprint density at radius 2 is 1.82 bits per heavy atom. The summed E-state index contributed by atoms with van der Waals surface area (Å²) >= 11 is 0. The second-order valence-corrected chi connectivity index (χ2v) is 8.56. The second kappa shape index (κ2) is 6.34. The summed E-state index contributed by atoms with van der Waals surface area (Å²) in [6, 6.07) is 4.47. The third-order valence-corrected chi connectivity index (χ3v) is 7.07. The number of aryl methyl sites for hydroxylation is 2. The van der Waals surface area contributed by atoms with E-state index in [1.165, 1.54) is 0 Å². The maximum Gasteiger partial charge on any atom is 0.339 e. The van der Waals surface area contributed by atoms with E-state index in [-0.39, 0.29) is 18.1 Å². The van der Waals surface area contributed by atoms with E-state index in [2.05, 4.69) is 10.2 Å². The molecule has 3 aliphatic rings. The van der Waals surface area contributed by atoms with Crippen molar-refractivity contribution in [1.82, 2.24) is 10.2 Å². The molecule has 5 rings (SSSR count). The molecule has 28 heavy (non-hydrogen) atoms. The first-order valence-corrected chi connectivity index (χ1v) is 10.1. The Balaban J connectivity index is 1.41. The van der Waals surface area contributed by atoms with Gasteiger partial charge in [-0.25, -0.2) is 4.79 Å². The molecule has 0 spiro atoms. The van der Waals surface area contributed by atoms with Crippen molar-refractivity contribution in [3.63, 3.8) is 0 Å². The Labute approximate surface area is 163 Å². The lowest BCUT2D eigenvalue weighted by Gasteiger charge is -2.25. The lowest BCUT2D eigenvalue weighted by atomic mass is 9.82. The zero-order chi connectivity index (χ0) is 19.6. The Morgan fingerprint density at radius 1 is 1.14 bits per heavy atom. The monoisotopic (exact) mass is 382 g/mol. The van der Waals surface area contributed by atoms with Gasteiger partial charge in [-0.3, -0.25) is 4.79 Å². The van der Waals surface area contributed by atoms with Crippen molar-refractivity contribution in [2.24, 2.45) is 11.8 Å². The molecule has 3 aliphatic heterocycles. The Bertz CT molecular complexity index is 1010. The van der Waals surface area contributed by atoms with Crippen molar-refractivity contribution in [2.45, 2.75) is 45.7 Å². The van der Waals surface area contributed by atoms with Gasteiger partial charge in [0.1, 0.15) is 11.3 Å². The molecule has 6 nitrogen and oxygen atoms in total. The van der Waals surface area contributed by atoms with E-state index in [4.69, 9.17) is 9.15 Å². The summed E-state index contributed by atoms with van der Waals surface area (Å²) in [6.45, 7) is 7.65. The Hall–Kier alpha value is -2.34. The molecule has 4 heterocycles. The number of amides is 1. The van der Waals surface area contributed by atoms with Crippen molar-refractivity contribution < 1.29 is 13.9 Å². The highest BCUT2D eigenvalue weighted by Crippen LogP contribution is 2.47. The summed E-state index contributed by atoms with van der Waals surface area (Å²) in [4.78, 5) is 27.2. The van der Waals surface area contributed by atoms with E-state index in [9.17, 15) is 9.59 Å². The normalized spacial score (nSPS) is 28.2. The van der Waals surface area contributed by atoms with Crippen LogP contribution in [-0.4, -0.2) is 42.6 Å². The molecule has 2 aromatic rings. The minimum atomic E-state index is -0.327. The molecule has 0 unspecified atom stereocenters. The van der Waals surface area contributed by atoms with Crippen LogP contribution in [-0.2, 0) is 4.79 Å². The van der Waals surface area contributed by atoms with E-state index in [0.717, 1.165) is 42.4 Å². The van der Waals surface area contributed by atoms with Gasteiger partial charge in [0.15, 0.2) is 6.61 Å². The fourth-order valence-electron chi connectivity index (χ4n) is 5.65. The van der Waals surface area contributed by atoms with Gasteiger partial charge in [0.25, 0.3) is 5.91 Å². The molecule has 148 valence electrons. The molecule has 1 aromatic carbocycles. The van der Waals surface area contributed by atoms with Gasteiger partial charge in [0.2, 0.25) is 0 Å². The minimum absolute atomic E-state index is 0.0238. The second-order valence-electron chi connectivity index (χ2n) is 8.56. The summed E-state index contributed by atoms with van der Waals surface area (Å²) < 4.78 is 11.5. The highest BCUT2D eigenvalue weighted by molar-refractivity contribution is 5.89. The molecule has 3 fully saturated rings. The summed E-state index contributed by atoms with van der Waals surface area (Å²) in [5.41, 5.74) is 2.54. The van der Waals surface area contributed by atoms with E-state index in [1.54, 1.807) is 6.92 Å². The van der Waals surface area contributed by atoms with Crippen LogP contribution >= 0.6 is 0 Å². The molecular formula is C22H26N2O4. The fraction of sp³-hybridized carbons (Fsp3) is 0.545. The van der Waals surface area contributed by atoms with Crippen LogP contribution in [0.3, 0.4) is 0 Å². The van der Waals surface area contributed by atoms with Crippen LogP contribution in [0.4, 0.5) is 0 Å². The summed E-state index contributed by atoms with van der Waals surface area (Å²) in [7, 11) is 0. The van der Waals surface area contributed by atoms with Crippen LogP contribution in [0.2, 0.25) is 0 Å². The molecule has 2 bridgehead atoms. The first-order valence-electron chi connectivity index (χ1n) is 10.1. The van der Waals surface area contributed by atoms with Gasteiger partial charge in [-0.1, -0.05) is 0 Å². The summed E-state index contributed by atoms with van der Waals surface area (Å²) in [5.74, 6) is 1.88. The van der Waals surface area contributed by atoms with Gasteiger partial charge in [-0.15, -0.1) is 0 Å². The van der Waals surface area contributed by atoms with Gasteiger partial charge in [0, 0.05) is 30.7 Å². The van der Waals surface area contributed by atoms with Crippen molar-refractivity contribution >= 4 is 16.9 Å². The first kappa shape index (κ1) is 17.7. The zero-order valence-corrected chi connectivity index (χ0v) is 16.6. The van der Waals surface area contributed by atoms with Crippen LogP contribution in [0.15, 0.2) is 21.3 Å². The van der Waals surface area contributed by atoms with E-state index >= 15 is 0 Å². The predicted molar refractivity (Wildman–Crippen MR) is 106 cm³/mol. The Kier molecular flexibility index (Phi) is 4.02. The number of hydrogen-bond donors (Lipinski definition) is 1. The van der Waals surface area contributed by atoms with Gasteiger partial charge in [-0.05, 0) is 68.7 Å². The fourth-order valence-corrected chi connectivity index (χ4v) is 5.65. The maximum atomic E-state index is 13.0. The van der Waals surface area contributed by atoms with Crippen LogP contribution < -0.4 is 15.7 Å². The quantitative estimate of drug-likeness (QED) is 0.825. The van der Waals surface area contributed by atoms with Crippen LogP contribution in [0.1, 0.15) is 29.5 Å². The number of carbonyl (C=O) groups excluding carboxylic acids is 1. The number of benzene rings is 1. The summed E-state index contributed by atoms with van der Waals surface area (Å²) in [5, 5.41) is 4.26. The van der Waals surface area contributed by atoms with Gasteiger partial charge < -0.3 is 19.4 Å². The smallest absolute Gasteiger partial charge is 0.339 e. The van der Waals surface area contributed by atoms with Crippen molar-refractivity contribution in [1.29, 1.82) is 0 Å². The third-order valence-electron chi connectivity index (χ3n) is 7.07. The molecule has 0 aliphatic carbocycles. The molecule has 1 N–H and O–H groups in total. The topological polar surface area (TPSA) is 71.8 Å². The van der Waals surface area contributed by atoms with E-state index in [1.807, 2.05) is 26.0 Å². The third kappa shape index (κ3) is 2.50. The zero-order valence-electron chi connectivity index (χ0n) is 16.6. The maximum absolute atomic E-state index is 13.0. The number of hydrogen-bond acceptors (Lipinski definition) is 5. The van der Waals surface area contributed by atoms with Gasteiger partial charge in [0.05, 0.1) is 5.39 Å². The number of ether oxygens (including phenoxy) is 1. The molecular weight excluding hydrogens is 356 g/mol. The standard InChI is InChI=1S/C22H26N2O4/c1-11-6-18(21-12(2)13(3)22(26)28-19(21)7-11)27-10-20(25)24-16-4-5-17(24)15-9-23-8-14(15)16/h6-7,14-17,23H,4-5,8-10H2,1-3H3/t14-,15+,16-,17+. The molecule has 0 radical (unpaired) electrons. The van der Waals surface area contributed by atoms with Crippen LogP contribution in [0, 0.1) is 32.6 Å². The number of rotatable bonds is 3. The van der Waals surface area contributed by atoms with E-state index in [0.29, 0.717) is 40.8 Å². The van der Waals surface area contributed by atoms with Crippen LogP contribution in [0.5, 0.6) is 5.75 Å². The van der Waals surface area contributed by atoms with Crippen molar-refractivity contribution in [2.75, 3.05) is 19.7 Å². The SMILES string of the molecule is Cc1cc(OCC(=O)N2[C@@H]3CC[C@H]2[C@H]2CNC[C@H]23)c2c(C)c(C)c(=O)oc2c1. The highest BCUT2D eigenvalue weighted by Gasteiger charge is 2.56. The Morgan fingerprint density at radius 3 is 2.50 bits per heavy atom. The van der Waals surface area contributed by atoms with Crippen molar-refractivity contribution in [3.05, 3.63) is 39.2 Å². The largest absolute Gasteiger partial charge is 0.483 e. The average molecular weight is 382 g/mol. The van der Waals surface area contributed by atoms with Gasteiger partial charge in [-0.2, -0.15) is 0 Å². The molecule has 1 aromatic heterocycles. The number of nitrogens with one attached hydrogen (secondary N) is 1. The molecule has 4 atom stereocenters. The van der Waals surface area contributed by atoms with Crippen LogP contribution in [0.25, 0.3) is 11.0 Å². The number of carbonyl (C=O) groups is 1. The summed E-state index contributed by atoms with van der Waals surface area (Å²) in [6.07, 6.45) is 2.21. The van der Waals surface area contributed by atoms with E-state index < -0.39 is 0 Å². The lowest BCUT2D eigenvalue weighted by Crippen LogP contribution is -2.41. The minimum Gasteiger partial charge on any atom is -0.483 e. The first-order chi connectivity index (χ1) is 13.5. The molecule has 3 saturated heterocycles. The van der Waals surface area contributed by atoms with Crippen molar-refractivity contribution in [3.8, 4) is 5.75 Å². The molecule has 6 heteroatoms. The number of nitrogens with zero attached hydrogens (tertiary/aromatic N) is 1.